The maximum absolute atomic E-state index is 13.8. The second-order valence-corrected chi connectivity index (χ2v) is 9.88. The molecule has 188 valence electrons. The molecule has 0 bridgehead atoms. The number of allylic oxidation sites excluding steroid dienone is 3. The van der Waals surface area contributed by atoms with E-state index in [-0.39, 0.29) is 17.6 Å². The number of rotatable bonds is 5. The van der Waals surface area contributed by atoms with Crippen LogP contribution in [-0.4, -0.2) is 25.8 Å². The summed E-state index contributed by atoms with van der Waals surface area (Å²) in [4.78, 5) is 29.4. The number of nitrogens with zero attached hydrogens (tertiary/aromatic N) is 1. The highest BCUT2D eigenvalue weighted by Gasteiger charge is 2.40. The van der Waals surface area contributed by atoms with E-state index >= 15 is 0 Å². The van der Waals surface area contributed by atoms with E-state index in [1.165, 1.54) is 12.1 Å². The van der Waals surface area contributed by atoms with E-state index in [9.17, 15) is 14.0 Å². The predicted octanol–water partition coefficient (Wildman–Crippen LogP) is 5.89. The van der Waals surface area contributed by atoms with Gasteiger partial charge >= 0.3 is 0 Å². The monoisotopic (exact) mass is 495 g/mol. The van der Waals surface area contributed by atoms with Crippen LogP contribution in [0, 0.1) is 5.82 Å². The van der Waals surface area contributed by atoms with Gasteiger partial charge in [-0.3, -0.25) is 9.59 Å². The predicted molar refractivity (Wildman–Crippen MR) is 145 cm³/mol. The number of hydrogen-bond donors (Lipinski definition) is 2. The molecule has 0 fully saturated rings. The van der Waals surface area contributed by atoms with E-state index in [2.05, 4.69) is 22.8 Å². The molecular formula is C31H30FN3O2. The number of amides is 1. The van der Waals surface area contributed by atoms with Crippen LogP contribution in [0.3, 0.4) is 0 Å². The number of benzene rings is 3. The largest absolute Gasteiger partial charge is 0.378 e. The van der Waals surface area contributed by atoms with E-state index < -0.39 is 11.7 Å². The van der Waals surface area contributed by atoms with Crippen molar-refractivity contribution in [1.29, 1.82) is 0 Å². The second kappa shape index (κ2) is 10.1. The molecule has 0 aromatic heterocycles. The molecule has 0 saturated heterocycles. The molecule has 2 N–H and O–H groups in total. The lowest BCUT2D eigenvalue weighted by Gasteiger charge is -2.37. The summed E-state index contributed by atoms with van der Waals surface area (Å²) in [7, 11) is 3.94. The summed E-state index contributed by atoms with van der Waals surface area (Å²) in [5.74, 6) is -1.20. The maximum Gasteiger partial charge on any atom is 0.254 e. The quantitative estimate of drug-likeness (QED) is 0.463. The Labute approximate surface area is 216 Å². The van der Waals surface area contributed by atoms with Gasteiger partial charge in [0.1, 0.15) is 5.82 Å². The van der Waals surface area contributed by atoms with Crippen LogP contribution < -0.4 is 15.5 Å². The Hall–Kier alpha value is -4.19. The fourth-order valence-corrected chi connectivity index (χ4v) is 5.36. The van der Waals surface area contributed by atoms with Gasteiger partial charge in [0.2, 0.25) is 0 Å². The normalized spacial score (nSPS) is 19.3. The van der Waals surface area contributed by atoms with Crippen molar-refractivity contribution in [3.63, 3.8) is 0 Å². The van der Waals surface area contributed by atoms with Gasteiger partial charge in [0.25, 0.3) is 5.91 Å². The molecule has 5 nitrogen and oxygen atoms in total. The first kappa shape index (κ1) is 24.5. The van der Waals surface area contributed by atoms with Crippen molar-refractivity contribution in [1.82, 2.24) is 5.32 Å². The van der Waals surface area contributed by atoms with Crippen molar-refractivity contribution in [2.45, 2.75) is 31.6 Å². The zero-order valence-electron chi connectivity index (χ0n) is 21.2. The molecule has 3 aromatic carbocycles. The van der Waals surface area contributed by atoms with Crippen molar-refractivity contribution in [2.24, 2.45) is 0 Å². The van der Waals surface area contributed by atoms with Crippen LogP contribution in [0.2, 0.25) is 0 Å². The fraction of sp³-hybridized carbons (Fsp3) is 0.226. The summed E-state index contributed by atoms with van der Waals surface area (Å²) in [5, 5.41) is 6.24. The number of carbonyl (C=O) groups excluding carboxylic acids is 2. The molecule has 2 aliphatic rings. The summed E-state index contributed by atoms with van der Waals surface area (Å²) in [5.41, 5.74) is 6.06. The molecule has 0 saturated carbocycles. The highest BCUT2D eigenvalue weighted by atomic mass is 19.1. The fourth-order valence-electron chi connectivity index (χ4n) is 5.36. The number of dihydropyridines is 1. The number of Topliss-reactive ketones (excluding diaryl/α,β-unsaturated/α-hetero) is 1. The third kappa shape index (κ3) is 4.92. The molecule has 2 atom stereocenters. The van der Waals surface area contributed by atoms with Gasteiger partial charge in [-0.25, -0.2) is 4.39 Å². The average Bonchev–Trinajstić information content (AvgIpc) is 2.88. The Kier molecular flexibility index (Phi) is 6.66. The van der Waals surface area contributed by atoms with Crippen molar-refractivity contribution < 1.29 is 14.0 Å². The molecule has 3 aromatic rings. The van der Waals surface area contributed by atoms with Crippen molar-refractivity contribution in [2.75, 3.05) is 24.3 Å². The summed E-state index contributed by atoms with van der Waals surface area (Å²) < 4.78 is 13.8. The van der Waals surface area contributed by atoms with Crippen molar-refractivity contribution >= 4 is 23.1 Å². The molecule has 5 rings (SSSR count). The van der Waals surface area contributed by atoms with Crippen LogP contribution >= 0.6 is 0 Å². The van der Waals surface area contributed by atoms with E-state index in [1.54, 1.807) is 12.1 Å². The van der Waals surface area contributed by atoms with E-state index in [0.29, 0.717) is 35.4 Å². The van der Waals surface area contributed by atoms with Crippen LogP contribution in [0.1, 0.15) is 42.7 Å². The van der Waals surface area contributed by atoms with Crippen LogP contribution in [0.5, 0.6) is 0 Å². The first-order valence-electron chi connectivity index (χ1n) is 12.4. The van der Waals surface area contributed by atoms with Gasteiger partial charge in [0.15, 0.2) is 5.78 Å². The summed E-state index contributed by atoms with van der Waals surface area (Å²) >= 11 is 0. The molecule has 1 aliphatic heterocycles. The lowest BCUT2D eigenvalue weighted by molar-refractivity contribution is -0.116. The molecular weight excluding hydrogens is 465 g/mol. The average molecular weight is 496 g/mol. The van der Waals surface area contributed by atoms with Gasteiger partial charge in [-0.05, 0) is 60.7 Å². The summed E-state index contributed by atoms with van der Waals surface area (Å²) in [6.45, 7) is 1.86. The van der Waals surface area contributed by atoms with Crippen LogP contribution in [0.25, 0.3) is 0 Å². The van der Waals surface area contributed by atoms with Gasteiger partial charge < -0.3 is 15.5 Å². The number of carbonyl (C=O) groups is 2. The topological polar surface area (TPSA) is 61.4 Å². The number of anilines is 2. The standard InChI is InChI=1S/C31H30FN3O2/c1-19-28(31(37)34-24-11-7-10-23(32)18-24)29(21-12-14-25(15-13-21)35(2)3)30-26(33-19)16-22(17-27(30)36)20-8-5-4-6-9-20/h4-15,18,22,29,33H,16-17H2,1-3H3,(H,34,37)/t22-,29+/m1/s1. The Morgan fingerprint density at radius 2 is 1.68 bits per heavy atom. The summed E-state index contributed by atoms with van der Waals surface area (Å²) in [6, 6.07) is 23.8. The minimum Gasteiger partial charge on any atom is -0.378 e. The van der Waals surface area contributed by atoms with Gasteiger partial charge in [-0.2, -0.15) is 0 Å². The number of hydrogen-bond acceptors (Lipinski definition) is 4. The first-order valence-corrected chi connectivity index (χ1v) is 12.4. The lowest BCUT2D eigenvalue weighted by Crippen LogP contribution is -2.37. The molecule has 0 radical (unpaired) electrons. The zero-order chi connectivity index (χ0) is 26.1. The van der Waals surface area contributed by atoms with E-state index in [0.717, 1.165) is 22.5 Å². The van der Waals surface area contributed by atoms with Gasteiger partial charge in [-0.15, -0.1) is 0 Å². The Morgan fingerprint density at radius 1 is 0.946 bits per heavy atom. The molecule has 1 heterocycles. The van der Waals surface area contributed by atoms with Crippen LogP contribution in [0.4, 0.5) is 15.8 Å². The maximum atomic E-state index is 13.8. The summed E-state index contributed by atoms with van der Waals surface area (Å²) in [6.07, 6.45) is 1.07. The number of nitrogens with one attached hydrogen (secondary N) is 2. The smallest absolute Gasteiger partial charge is 0.254 e. The van der Waals surface area contributed by atoms with Crippen molar-refractivity contribution in [3.05, 3.63) is 118 Å². The zero-order valence-corrected chi connectivity index (χ0v) is 21.2. The number of halogens is 1. The van der Waals surface area contributed by atoms with E-state index in [1.807, 2.05) is 68.4 Å². The highest BCUT2D eigenvalue weighted by molar-refractivity contribution is 6.10. The minimum atomic E-state index is -0.523. The Bertz CT molecular complexity index is 1410. The SMILES string of the molecule is CC1=C(C(=O)Nc2cccc(F)c2)[C@H](c2ccc(N(C)C)cc2)C2=C(C[C@@H](c3ccccc3)CC2=O)N1. The molecule has 0 unspecified atom stereocenters. The first-order chi connectivity index (χ1) is 17.8. The number of ketones is 1. The molecule has 0 spiro atoms. The molecule has 37 heavy (non-hydrogen) atoms. The van der Waals surface area contributed by atoms with Gasteiger partial charge in [0, 0.05) is 60.3 Å². The minimum absolute atomic E-state index is 0.0350. The molecule has 1 aliphatic carbocycles. The Morgan fingerprint density at radius 3 is 2.35 bits per heavy atom. The van der Waals surface area contributed by atoms with Crippen LogP contribution in [0.15, 0.2) is 101 Å². The Balaban J connectivity index is 1.57. The van der Waals surface area contributed by atoms with Gasteiger partial charge in [0.05, 0.1) is 0 Å². The third-order valence-electron chi connectivity index (χ3n) is 7.17. The van der Waals surface area contributed by atoms with E-state index in [4.69, 9.17) is 0 Å². The van der Waals surface area contributed by atoms with Crippen molar-refractivity contribution in [3.8, 4) is 0 Å². The lowest BCUT2D eigenvalue weighted by atomic mass is 9.71. The third-order valence-corrected chi connectivity index (χ3v) is 7.17. The van der Waals surface area contributed by atoms with Crippen LogP contribution in [-0.2, 0) is 9.59 Å². The highest BCUT2D eigenvalue weighted by Crippen LogP contribution is 2.45. The molecule has 6 heteroatoms. The van der Waals surface area contributed by atoms with Gasteiger partial charge in [-0.1, -0.05) is 48.5 Å². The molecule has 1 amide bonds. The second-order valence-electron chi connectivity index (χ2n) is 9.88.